The molecule has 0 radical (unpaired) electrons. The summed E-state index contributed by atoms with van der Waals surface area (Å²) in [4.78, 5) is 0. The van der Waals surface area contributed by atoms with Crippen LogP contribution in [-0.2, 0) is 9.47 Å². The lowest BCUT2D eigenvalue weighted by molar-refractivity contribution is 0.127. The highest BCUT2D eigenvalue weighted by Crippen LogP contribution is 2.12. The van der Waals surface area contributed by atoms with E-state index in [1.54, 1.807) is 7.11 Å². The predicted octanol–water partition coefficient (Wildman–Crippen LogP) is 0.289. The van der Waals surface area contributed by atoms with Gasteiger partial charge in [-0.15, -0.1) is 12.4 Å². The molecule has 2 atom stereocenters. The minimum Gasteiger partial charge on any atom is -0.384 e. The van der Waals surface area contributed by atoms with Gasteiger partial charge in [-0.25, -0.2) is 0 Å². The second kappa shape index (κ2) is 5.77. The van der Waals surface area contributed by atoms with Gasteiger partial charge >= 0.3 is 0 Å². The molecule has 1 saturated heterocycles. The molecule has 1 N–H and O–H groups in total. The number of halogens is 1. The SMILES string of the molecule is CN[C@@H]1COC[C@@H]1COC.Cl. The molecule has 0 aromatic heterocycles. The first-order valence-corrected chi connectivity index (χ1v) is 3.62. The number of rotatable bonds is 3. The summed E-state index contributed by atoms with van der Waals surface area (Å²) in [6, 6.07) is 0.486. The van der Waals surface area contributed by atoms with Crippen LogP contribution in [0.4, 0.5) is 0 Å². The van der Waals surface area contributed by atoms with Gasteiger partial charge in [0, 0.05) is 19.1 Å². The fraction of sp³-hybridized carbons (Fsp3) is 1.00. The Labute approximate surface area is 73.9 Å². The molecule has 0 aliphatic carbocycles. The standard InChI is InChI=1S/C7H15NO2.ClH/c1-8-7-5-10-4-6(7)3-9-2;/h6-8H,3-5H2,1-2H3;1H/t6-,7+;/m0./s1. The van der Waals surface area contributed by atoms with Gasteiger partial charge in [-0.2, -0.15) is 0 Å². The van der Waals surface area contributed by atoms with Gasteiger partial charge in [-0.05, 0) is 7.05 Å². The lowest BCUT2D eigenvalue weighted by Crippen LogP contribution is -2.34. The van der Waals surface area contributed by atoms with Crippen molar-refractivity contribution in [1.82, 2.24) is 5.32 Å². The molecule has 0 bridgehead atoms. The van der Waals surface area contributed by atoms with Crippen LogP contribution < -0.4 is 5.32 Å². The summed E-state index contributed by atoms with van der Waals surface area (Å²) in [5, 5.41) is 3.19. The molecule has 3 nitrogen and oxygen atoms in total. The van der Waals surface area contributed by atoms with Gasteiger partial charge < -0.3 is 14.8 Å². The van der Waals surface area contributed by atoms with Crippen molar-refractivity contribution >= 4 is 12.4 Å². The summed E-state index contributed by atoms with van der Waals surface area (Å²) in [5.74, 6) is 0.537. The predicted molar refractivity (Wildman–Crippen MR) is 46.3 cm³/mol. The molecule has 0 aromatic rings. The van der Waals surface area contributed by atoms with Gasteiger partial charge in [0.1, 0.15) is 0 Å². The molecule has 0 aromatic carbocycles. The molecule has 1 fully saturated rings. The highest BCUT2D eigenvalue weighted by Gasteiger charge is 2.26. The lowest BCUT2D eigenvalue weighted by Gasteiger charge is -2.14. The maximum absolute atomic E-state index is 5.27. The highest BCUT2D eigenvalue weighted by atomic mass is 35.5. The maximum Gasteiger partial charge on any atom is 0.0624 e. The summed E-state index contributed by atoms with van der Waals surface area (Å²) < 4.78 is 10.3. The molecule has 0 saturated carbocycles. The smallest absolute Gasteiger partial charge is 0.0624 e. The molecule has 4 heteroatoms. The molecular formula is C7H16ClNO2. The summed E-state index contributed by atoms with van der Waals surface area (Å²) >= 11 is 0. The number of hydrogen-bond acceptors (Lipinski definition) is 3. The fourth-order valence-electron chi connectivity index (χ4n) is 1.30. The van der Waals surface area contributed by atoms with E-state index in [2.05, 4.69) is 5.32 Å². The quantitative estimate of drug-likeness (QED) is 0.679. The zero-order valence-corrected chi connectivity index (χ0v) is 7.82. The highest BCUT2D eigenvalue weighted by molar-refractivity contribution is 5.85. The molecule has 0 unspecified atom stereocenters. The third-order valence-corrected chi connectivity index (χ3v) is 1.95. The molecule has 0 amide bonds. The van der Waals surface area contributed by atoms with Gasteiger partial charge in [-0.3, -0.25) is 0 Å². The summed E-state index contributed by atoms with van der Waals surface area (Å²) in [6.07, 6.45) is 0. The largest absolute Gasteiger partial charge is 0.384 e. The van der Waals surface area contributed by atoms with Crippen molar-refractivity contribution in [1.29, 1.82) is 0 Å². The topological polar surface area (TPSA) is 30.5 Å². The molecule has 11 heavy (non-hydrogen) atoms. The van der Waals surface area contributed by atoms with E-state index < -0.39 is 0 Å². The molecule has 1 heterocycles. The molecule has 1 aliphatic heterocycles. The normalized spacial score (nSPS) is 30.0. The number of methoxy groups -OCH3 is 1. The van der Waals surface area contributed by atoms with Crippen LogP contribution in [0, 0.1) is 5.92 Å². The Kier molecular flexibility index (Phi) is 5.86. The number of likely N-dealkylation sites (N-methyl/N-ethyl adjacent to an activating group) is 1. The lowest BCUT2D eigenvalue weighted by atomic mass is 10.1. The first-order valence-electron chi connectivity index (χ1n) is 3.62. The van der Waals surface area contributed by atoms with Gasteiger partial charge in [0.2, 0.25) is 0 Å². The van der Waals surface area contributed by atoms with E-state index in [1.807, 2.05) is 7.05 Å². The summed E-state index contributed by atoms with van der Waals surface area (Å²) in [6.45, 7) is 2.45. The van der Waals surface area contributed by atoms with Gasteiger partial charge in [-0.1, -0.05) is 0 Å². The Morgan fingerprint density at radius 2 is 2.27 bits per heavy atom. The van der Waals surface area contributed by atoms with E-state index in [-0.39, 0.29) is 12.4 Å². The third-order valence-electron chi connectivity index (χ3n) is 1.95. The van der Waals surface area contributed by atoms with Crippen LogP contribution in [0.3, 0.4) is 0 Å². The number of ether oxygens (including phenoxy) is 2. The first kappa shape index (κ1) is 11.2. The first-order chi connectivity index (χ1) is 4.88. The maximum atomic E-state index is 5.27. The van der Waals surface area contributed by atoms with Crippen molar-refractivity contribution in [2.45, 2.75) is 6.04 Å². The minimum absolute atomic E-state index is 0. The Hall–Kier alpha value is 0.170. The van der Waals surface area contributed by atoms with E-state index in [0.29, 0.717) is 12.0 Å². The van der Waals surface area contributed by atoms with Crippen LogP contribution >= 0.6 is 12.4 Å². The summed E-state index contributed by atoms with van der Waals surface area (Å²) in [5.41, 5.74) is 0. The number of nitrogens with one attached hydrogen (secondary N) is 1. The Morgan fingerprint density at radius 3 is 2.82 bits per heavy atom. The van der Waals surface area contributed by atoms with E-state index in [1.165, 1.54) is 0 Å². The van der Waals surface area contributed by atoms with Gasteiger partial charge in [0.05, 0.1) is 19.8 Å². The van der Waals surface area contributed by atoms with E-state index in [0.717, 1.165) is 19.8 Å². The Bertz CT molecular complexity index is 102. The molecule has 1 aliphatic rings. The average Bonchev–Trinajstić information content (AvgIpc) is 2.36. The van der Waals surface area contributed by atoms with E-state index >= 15 is 0 Å². The zero-order valence-electron chi connectivity index (χ0n) is 7.00. The molecule has 1 rings (SSSR count). The van der Waals surface area contributed by atoms with Crippen LogP contribution in [0.15, 0.2) is 0 Å². The van der Waals surface area contributed by atoms with Crippen molar-refractivity contribution in [3.63, 3.8) is 0 Å². The zero-order chi connectivity index (χ0) is 7.40. The molecule has 68 valence electrons. The third kappa shape index (κ3) is 2.95. The monoisotopic (exact) mass is 181 g/mol. The second-order valence-electron chi connectivity index (χ2n) is 2.65. The van der Waals surface area contributed by atoms with E-state index in [4.69, 9.17) is 9.47 Å². The Morgan fingerprint density at radius 1 is 1.55 bits per heavy atom. The molecular weight excluding hydrogens is 166 g/mol. The van der Waals surface area contributed by atoms with Crippen LogP contribution in [0.1, 0.15) is 0 Å². The van der Waals surface area contributed by atoms with Gasteiger partial charge in [0.15, 0.2) is 0 Å². The Balaban J connectivity index is 0.000001000. The van der Waals surface area contributed by atoms with Crippen molar-refractivity contribution in [3.05, 3.63) is 0 Å². The molecule has 0 spiro atoms. The average molecular weight is 182 g/mol. The van der Waals surface area contributed by atoms with Crippen molar-refractivity contribution < 1.29 is 9.47 Å². The number of hydrogen-bond donors (Lipinski definition) is 1. The van der Waals surface area contributed by atoms with Crippen LogP contribution in [0.5, 0.6) is 0 Å². The van der Waals surface area contributed by atoms with Crippen molar-refractivity contribution in [3.8, 4) is 0 Å². The van der Waals surface area contributed by atoms with Crippen molar-refractivity contribution in [2.75, 3.05) is 34.0 Å². The van der Waals surface area contributed by atoms with E-state index in [9.17, 15) is 0 Å². The fourth-order valence-corrected chi connectivity index (χ4v) is 1.30. The van der Waals surface area contributed by atoms with Crippen LogP contribution in [0.25, 0.3) is 0 Å². The van der Waals surface area contributed by atoms with Crippen LogP contribution in [-0.4, -0.2) is 40.0 Å². The summed E-state index contributed by atoms with van der Waals surface area (Å²) in [7, 11) is 3.69. The second-order valence-corrected chi connectivity index (χ2v) is 2.65. The minimum atomic E-state index is 0. The van der Waals surface area contributed by atoms with Crippen LogP contribution in [0.2, 0.25) is 0 Å². The van der Waals surface area contributed by atoms with Crippen molar-refractivity contribution in [2.24, 2.45) is 5.92 Å². The van der Waals surface area contributed by atoms with Gasteiger partial charge in [0.25, 0.3) is 0 Å².